The van der Waals surface area contributed by atoms with Gasteiger partial charge >= 0.3 is 6.36 Å². The Morgan fingerprint density at radius 2 is 2.09 bits per heavy atom. The van der Waals surface area contributed by atoms with E-state index < -0.39 is 29.9 Å². The predicted octanol–water partition coefficient (Wildman–Crippen LogP) is 4.59. The molecule has 1 aliphatic rings. The van der Waals surface area contributed by atoms with Crippen molar-refractivity contribution in [2.24, 2.45) is 0 Å². The number of amides is 1. The van der Waals surface area contributed by atoms with E-state index in [4.69, 9.17) is 9.15 Å². The Labute approximate surface area is 179 Å². The Hall–Kier alpha value is -3.63. The molecule has 11 heteroatoms. The number of halogens is 4. The van der Waals surface area contributed by atoms with Gasteiger partial charge in [0.25, 0.3) is 5.91 Å². The molecule has 1 N–H and O–H groups in total. The van der Waals surface area contributed by atoms with Gasteiger partial charge in [0.15, 0.2) is 5.82 Å². The standard InChI is InChI=1S/C21H17F4N3O4/c1-30-17-9-13(14(22)10-26-17)20-28-16-7-3-6-15(18(16)31-20)27-19(29)11-4-2-5-12(8-11)32-21(23,24)25/h2,4-5,8-10,15H,3,6-7H2,1H3,(H,27,29). The van der Waals surface area contributed by atoms with Gasteiger partial charge in [0.1, 0.15) is 11.5 Å². The Bertz CT molecular complexity index is 1150. The highest BCUT2D eigenvalue weighted by molar-refractivity contribution is 5.94. The quantitative estimate of drug-likeness (QED) is 0.571. The zero-order chi connectivity index (χ0) is 22.9. The number of methoxy groups -OCH3 is 1. The van der Waals surface area contributed by atoms with Gasteiger partial charge in [0.05, 0.1) is 30.6 Å². The Morgan fingerprint density at radius 3 is 2.84 bits per heavy atom. The van der Waals surface area contributed by atoms with Crippen LogP contribution in [0.4, 0.5) is 17.6 Å². The second-order valence-corrected chi connectivity index (χ2v) is 7.03. The first kappa shape index (κ1) is 21.6. The molecule has 0 saturated carbocycles. The van der Waals surface area contributed by atoms with Gasteiger partial charge in [-0.2, -0.15) is 0 Å². The minimum absolute atomic E-state index is 0.0106. The summed E-state index contributed by atoms with van der Waals surface area (Å²) in [6, 6.07) is 5.53. The average Bonchev–Trinajstić information content (AvgIpc) is 3.18. The number of nitrogens with one attached hydrogen (secondary N) is 1. The average molecular weight is 451 g/mol. The number of ether oxygens (including phenoxy) is 2. The second kappa shape index (κ2) is 8.48. The molecule has 1 atom stereocenters. The van der Waals surface area contributed by atoms with Gasteiger partial charge in [-0.15, -0.1) is 13.2 Å². The molecule has 3 aromatic rings. The minimum Gasteiger partial charge on any atom is -0.481 e. The molecular formula is C21H17F4N3O4. The molecule has 0 fully saturated rings. The smallest absolute Gasteiger partial charge is 0.481 e. The fourth-order valence-electron chi connectivity index (χ4n) is 3.44. The summed E-state index contributed by atoms with van der Waals surface area (Å²) in [4.78, 5) is 20.8. The van der Waals surface area contributed by atoms with Crippen molar-refractivity contribution in [3.05, 3.63) is 59.4 Å². The number of aryl methyl sites for hydroxylation is 1. The predicted molar refractivity (Wildman–Crippen MR) is 103 cm³/mol. The normalized spacial score (nSPS) is 15.7. The van der Waals surface area contributed by atoms with E-state index in [9.17, 15) is 22.4 Å². The Morgan fingerprint density at radius 1 is 1.28 bits per heavy atom. The van der Waals surface area contributed by atoms with Gasteiger partial charge in [-0.25, -0.2) is 14.4 Å². The molecule has 32 heavy (non-hydrogen) atoms. The van der Waals surface area contributed by atoms with Gasteiger partial charge in [-0.1, -0.05) is 6.07 Å². The summed E-state index contributed by atoms with van der Waals surface area (Å²) in [6.07, 6.45) is -2.09. The van der Waals surface area contributed by atoms with Gasteiger partial charge in [0, 0.05) is 11.6 Å². The number of hydrogen-bond donors (Lipinski definition) is 1. The molecule has 0 saturated heterocycles. The SMILES string of the molecule is COc1cc(-c2nc3c(o2)C(NC(=O)c2cccc(OC(F)(F)F)c2)CCC3)c(F)cn1. The summed E-state index contributed by atoms with van der Waals surface area (Å²) >= 11 is 0. The van der Waals surface area contributed by atoms with Gasteiger partial charge in [-0.05, 0) is 37.5 Å². The molecule has 0 bridgehead atoms. The summed E-state index contributed by atoms with van der Waals surface area (Å²) in [7, 11) is 1.39. The summed E-state index contributed by atoms with van der Waals surface area (Å²) in [6.45, 7) is 0. The maximum absolute atomic E-state index is 14.3. The first-order valence-corrected chi connectivity index (χ1v) is 9.59. The minimum atomic E-state index is -4.87. The van der Waals surface area contributed by atoms with E-state index in [0.717, 1.165) is 18.3 Å². The third-order valence-corrected chi connectivity index (χ3v) is 4.86. The largest absolute Gasteiger partial charge is 0.573 e. The van der Waals surface area contributed by atoms with Crippen LogP contribution >= 0.6 is 0 Å². The molecule has 1 amide bonds. The van der Waals surface area contributed by atoms with Crippen molar-refractivity contribution in [3.63, 3.8) is 0 Å². The summed E-state index contributed by atoms with van der Waals surface area (Å²) in [5, 5.41) is 2.74. The number of aromatic nitrogens is 2. The number of benzene rings is 1. The monoisotopic (exact) mass is 451 g/mol. The highest BCUT2D eigenvalue weighted by Crippen LogP contribution is 2.35. The molecular weight excluding hydrogens is 434 g/mol. The van der Waals surface area contributed by atoms with Gasteiger partial charge in [0.2, 0.25) is 11.8 Å². The molecule has 168 valence electrons. The molecule has 1 aromatic carbocycles. The maximum atomic E-state index is 14.3. The van der Waals surface area contributed by atoms with Crippen molar-refractivity contribution in [3.8, 4) is 23.1 Å². The van der Waals surface area contributed by atoms with Crippen LogP contribution in [0.15, 0.2) is 40.9 Å². The molecule has 0 spiro atoms. The van der Waals surface area contributed by atoms with Gasteiger partial charge < -0.3 is 19.2 Å². The molecule has 0 aliphatic heterocycles. The lowest BCUT2D eigenvalue weighted by atomic mass is 9.96. The van der Waals surface area contributed by atoms with Crippen LogP contribution in [0.5, 0.6) is 11.6 Å². The zero-order valence-corrected chi connectivity index (χ0v) is 16.7. The van der Waals surface area contributed by atoms with Crippen molar-refractivity contribution < 1.29 is 36.2 Å². The van der Waals surface area contributed by atoms with E-state index in [0.29, 0.717) is 30.7 Å². The van der Waals surface area contributed by atoms with E-state index >= 15 is 0 Å². The van der Waals surface area contributed by atoms with Crippen LogP contribution in [-0.4, -0.2) is 29.3 Å². The van der Waals surface area contributed by atoms with Crippen LogP contribution in [0.25, 0.3) is 11.5 Å². The van der Waals surface area contributed by atoms with E-state index in [-0.39, 0.29) is 22.9 Å². The van der Waals surface area contributed by atoms with Crippen molar-refractivity contribution >= 4 is 5.91 Å². The highest BCUT2D eigenvalue weighted by Gasteiger charge is 2.32. The number of oxazole rings is 1. The first-order valence-electron chi connectivity index (χ1n) is 9.59. The molecule has 7 nitrogen and oxygen atoms in total. The summed E-state index contributed by atoms with van der Waals surface area (Å²) < 4.78 is 66.3. The lowest BCUT2D eigenvalue weighted by molar-refractivity contribution is -0.274. The molecule has 4 rings (SSSR count). The number of carbonyl (C=O) groups excluding carboxylic acids is 1. The fourth-order valence-corrected chi connectivity index (χ4v) is 3.44. The fraction of sp³-hybridized carbons (Fsp3) is 0.286. The third-order valence-electron chi connectivity index (χ3n) is 4.86. The van der Waals surface area contributed by atoms with E-state index in [1.54, 1.807) is 0 Å². The van der Waals surface area contributed by atoms with Crippen molar-refractivity contribution in [1.29, 1.82) is 0 Å². The highest BCUT2D eigenvalue weighted by atomic mass is 19.4. The number of alkyl halides is 3. The second-order valence-electron chi connectivity index (χ2n) is 7.03. The number of rotatable bonds is 5. The van der Waals surface area contributed by atoms with Crippen LogP contribution < -0.4 is 14.8 Å². The van der Waals surface area contributed by atoms with E-state index in [2.05, 4.69) is 20.0 Å². The van der Waals surface area contributed by atoms with Crippen LogP contribution in [0, 0.1) is 5.82 Å². The van der Waals surface area contributed by atoms with E-state index in [1.807, 2.05) is 0 Å². The van der Waals surface area contributed by atoms with Crippen molar-refractivity contribution in [1.82, 2.24) is 15.3 Å². The van der Waals surface area contributed by atoms with Gasteiger partial charge in [-0.3, -0.25) is 4.79 Å². The maximum Gasteiger partial charge on any atom is 0.573 e. The number of nitrogens with zero attached hydrogens (tertiary/aromatic N) is 2. The lowest BCUT2D eigenvalue weighted by Gasteiger charge is -2.21. The van der Waals surface area contributed by atoms with Crippen LogP contribution in [0.1, 0.15) is 40.7 Å². The van der Waals surface area contributed by atoms with Crippen LogP contribution in [0.2, 0.25) is 0 Å². The van der Waals surface area contributed by atoms with E-state index in [1.165, 1.54) is 25.3 Å². The molecule has 1 unspecified atom stereocenters. The summed E-state index contributed by atoms with van der Waals surface area (Å²) in [5.41, 5.74) is 0.623. The van der Waals surface area contributed by atoms with Crippen molar-refractivity contribution in [2.45, 2.75) is 31.7 Å². The molecule has 0 radical (unpaired) electrons. The Balaban J connectivity index is 1.57. The molecule has 1 aliphatic carbocycles. The molecule has 2 heterocycles. The number of pyridine rings is 1. The first-order chi connectivity index (χ1) is 15.2. The van der Waals surface area contributed by atoms with Crippen LogP contribution in [-0.2, 0) is 6.42 Å². The topological polar surface area (TPSA) is 86.5 Å². The lowest BCUT2D eigenvalue weighted by Crippen LogP contribution is -2.30. The third kappa shape index (κ3) is 4.66. The number of carbonyl (C=O) groups is 1. The summed E-state index contributed by atoms with van der Waals surface area (Å²) in [5.74, 6) is -1.18. The van der Waals surface area contributed by atoms with Crippen molar-refractivity contribution in [2.75, 3.05) is 7.11 Å². The number of fused-ring (bicyclic) bond motifs is 1. The molecule has 2 aromatic heterocycles. The van der Waals surface area contributed by atoms with Crippen LogP contribution in [0.3, 0.4) is 0 Å². The Kier molecular flexibility index (Phi) is 5.72. The number of hydrogen-bond acceptors (Lipinski definition) is 6. The zero-order valence-electron chi connectivity index (χ0n) is 16.7.